The third kappa shape index (κ3) is 3.41. The topological polar surface area (TPSA) is 96.4 Å². The zero-order valence-corrected chi connectivity index (χ0v) is 12.2. The van der Waals surface area contributed by atoms with Crippen LogP contribution in [0.25, 0.3) is 0 Å². The first-order chi connectivity index (χ1) is 9.38. The zero-order valence-electron chi connectivity index (χ0n) is 10.5. The van der Waals surface area contributed by atoms with E-state index in [1.807, 2.05) is 12.3 Å². The Morgan fingerprint density at radius 1 is 1.45 bits per heavy atom. The smallest absolute Gasteiger partial charge is 0.335 e. The fourth-order valence-electron chi connectivity index (χ4n) is 1.52. The molecule has 2 aromatic rings. The average molecular weight is 312 g/mol. The van der Waals surface area contributed by atoms with Crippen LogP contribution in [-0.2, 0) is 16.6 Å². The molecule has 0 saturated carbocycles. The van der Waals surface area contributed by atoms with Crippen molar-refractivity contribution in [2.75, 3.05) is 0 Å². The van der Waals surface area contributed by atoms with Crippen LogP contribution in [0.4, 0.5) is 0 Å². The van der Waals surface area contributed by atoms with Gasteiger partial charge in [0.15, 0.2) is 0 Å². The van der Waals surface area contributed by atoms with Crippen LogP contribution in [0, 0.1) is 6.92 Å². The lowest BCUT2D eigenvalue weighted by Crippen LogP contribution is -2.23. The summed E-state index contributed by atoms with van der Waals surface area (Å²) in [5, 5.41) is 11.3. The zero-order chi connectivity index (χ0) is 14.8. The van der Waals surface area contributed by atoms with Crippen molar-refractivity contribution in [3.05, 3.63) is 45.9 Å². The third-order valence-electron chi connectivity index (χ3n) is 2.47. The summed E-state index contributed by atoms with van der Waals surface area (Å²) in [6.45, 7) is 1.91. The van der Waals surface area contributed by atoms with Crippen LogP contribution in [-0.4, -0.2) is 24.5 Å². The predicted molar refractivity (Wildman–Crippen MR) is 74.3 cm³/mol. The number of benzene rings is 1. The van der Waals surface area contributed by atoms with Crippen molar-refractivity contribution in [2.24, 2.45) is 0 Å². The van der Waals surface area contributed by atoms with Crippen molar-refractivity contribution < 1.29 is 18.3 Å². The van der Waals surface area contributed by atoms with E-state index in [4.69, 9.17) is 5.11 Å². The van der Waals surface area contributed by atoms with Gasteiger partial charge >= 0.3 is 5.97 Å². The second-order valence-corrected chi connectivity index (χ2v) is 6.75. The summed E-state index contributed by atoms with van der Waals surface area (Å²) in [6.07, 6.45) is 0. The third-order valence-corrected chi connectivity index (χ3v) is 4.84. The van der Waals surface area contributed by atoms with E-state index in [9.17, 15) is 13.2 Å². The number of nitrogens with one attached hydrogen (secondary N) is 1. The Kier molecular flexibility index (Phi) is 4.17. The highest BCUT2D eigenvalue weighted by molar-refractivity contribution is 7.89. The Hall–Kier alpha value is -1.77. The van der Waals surface area contributed by atoms with Gasteiger partial charge in [0.05, 0.1) is 17.0 Å². The van der Waals surface area contributed by atoms with Gasteiger partial charge in [0.1, 0.15) is 5.01 Å². The number of aromatic carboxylic acids is 1. The number of carboxylic acid groups (broad SMARTS) is 1. The summed E-state index contributed by atoms with van der Waals surface area (Å²) in [6, 6.07) is 5.21. The molecule has 106 valence electrons. The number of aryl methyl sites for hydroxylation is 1. The van der Waals surface area contributed by atoms with Gasteiger partial charge in [-0.1, -0.05) is 6.07 Å². The van der Waals surface area contributed by atoms with Crippen molar-refractivity contribution in [3.63, 3.8) is 0 Å². The minimum Gasteiger partial charge on any atom is -0.478 e. The molecule has 0 aliphatic carbocycles. The van der Waals surface area contributed by atoms with E-state index in [0.29, 0.717) is 5.01 Å². The van der Waals surface area contributed by atoms with Crippen molar-refractivity contribution in [3.8, 4) is 0 Å². The molecule has 0 amide bonds. The molecule has 0 unspecified atom stereocenters. The first-order valence-electron chi connectivity index (χ1n) is 5.62. The van der Waals surface area contributed by atoms with E-state index >= 15 is 0 Å². The molecular formula is C12H12N2O4S2. The summed E-state index contributed by atoms with van der Waals surface area (Å²) in [5.74, 6) is -1.17. The monoisotopic (exact) mass is 312 g/mol. The Labute approximate surface area is 120 Å². The predicted octanol–water partition coefficient (Wildman–Crippen LogP) is 1.63. The largest absolute Gasteiger partial charge is 0.478 e. The van der Waals surface area contributed by atoms with E-state index in [0.717, 1.165) is 11.8 Å². The maximum absolute atomic E-state index is 12.1. The number of thiazole rings is 1. The number of carbonyl (C=O) groups is 1. The highest BCUT2D eigenvalue weighted by atomic mass is 32.2. The van der Waals surface area contributed by atoms with E-state index in [1.165, 1.54) is 29.5 Å². The minimum atomic E-state index is -3.75. The molecule has 1 heterocycles. The lowest BCUT2D eigenvalue weighted by Gasteiger charge is -2.06. The van der Waals surface area contributed by atoms with E-state index in [1.54, 1.807) is 0 Å². The molecule has 2 N–H and O–H groups in total. The number of aromatic nitrogens is 1. The fraction of sp³-hybridized carbons (Fsp3) is 0.167. The van der Waals surface area contributed by atoms with Crippen molar-refractivity contribution >= 4 is 27.3 Å². The highest BCUT2D eigenvalue weighted by Gasteiger charge is 2.16. The Morgan fingerprint density at radius 3 is 2.80 bits per heavy atom. The molecule has 0 saturated heterocycles. The number of rotatable bonds is 5. The molecule has 1 aromatic carbocycles. The second-order valence-electron chi connectivity index (χ2n) is 4.04. The average Bonchev–Trinajstić information content (AvgIpc) is 2.82. The quantitative estimate of drug-likeness (QED) is 0.874. The van der Waals surface area contributed by atoms with Crippen LogP contribution >= 0.6 is 11.3 Å². The summed E-state index contributed by atoms with van der Waals surface area (Å²) < 4.78 is 26.5. The molecular weight excluding hydrogens is 300 g/mol. The SMILES string of the molecule is Cc1csc(CNS(=O)(=O)c2cccc(C(=O)O)c2)n1. The molecule has 0 spiro atoms. The first kappa shape index (κ1) is 14.6. The van der Waals surface area contributed by atoms with Gasteiger partial charge in [-0.25, -0.2) is 22.9 Å². The van der Waals surface area contributed by atoms with Crippen molar-refractivity contribution in [1.29, 1.82) is 0 Å². The molecule has 6 nitrogen and oxygen atoms in total. The summed E-state index contributed by atoms with van der Waals surface area (Å²) >= 11 is 1.36. The van der Waals surface area contributed by atoms with Gasteiger partial charge < -0.3 is 5.11 Å². The van der Waals surface area contributed by atoms with Gasteiger partial charge in [0.25, 0.3) is 0 Å². The molecule has 1 aromatic heterocycles. The first-order valence-corrected chi connectivity index (χ1v) is 7.99. The van der Waals surface area contributed by atoms with Crippen molar-refractivity contribution in [1.82, 2.24) is 9.71 Å². The summed E-state index contributed by atoms with van der Waals surface area (Å²) in [7, 11) is -3.75. The molecule has 0 radical (unpaired) electrons. The molecule has 2 rings (SSSR count). The van der Waals surface area contributed by atoms with Gasteiger partial charge in [0, 0.05) is 11.1 Å². The maximum atomic E-state index is 12.1. The fourth-order valence-corrected chi connectivity index (χ4v) is 3.36. The normalized spacial score (nSPS) is 11.4. The van der Waals surface area contributed by atoms with E-state index in [2.05, 4.69) is 9.71 Å². The van der Waals surface area contributed by atoms with Gasteiger partial charge in [0.2, 0.25) is 10.0 Å². The van der Waals surface area contributed by atoms with Crippen LogP contribution < -0.4 is 4.72 Å². The Balaban J connectivity index is 2.17. The standard InChI is InChI=1S/C12H12N2O4S2/c1-8-7-19-11(14-8)6-13-20(17,18)10-4-2-3-9(5-10)12(15)16/h2-5,7,13H,6H2,1H3,(H,15,16). The molecule has 0 bridgehead atoms. The Morgan fingerprint density at radius 2 is 2.20 bits per heavy atom. The molecule has 0 atom stereocenters. The molecule has 0 aliphatic rings. The molecule has 0 aliphatic heterocycles. The minimum absolute atomic E-state index is 0.0713. The molecule has 0 fully saturated rings. The molecule has 8 heteroatoms. The van der Waals surface area contributed by atoms with Crippen molar-refractivity contribution in [2.45, 2.75) is 18.4 Å². The number of nitrogens with zero attached hydrogens (tertiary/aromatic N) is 1. The number of carboxylic acids is 1. The van der Waals surface area contributed by atoms with Gasteiger partial charge in [-0.15, -0.1) is 11.3 Å². The summed E-state index contributed by atoms with van der Waals surface area (Å²) in [4.78, 5) is 14.9. The van der Waals surface area contributed by atoms with Crippen LogP contribution in [0.3, 0.4) is 0 Å². The van der Waals surface area contributed by atoms with E-state index < -0.39 is 16.0 Å². The Bertz CT molecular complexity index is 737. The number of hydrogen-bond acceptors (Lipinski definition) is 5. The highest BCUT2D eigenvalue weighted by Crippen LogP contribution is 2.13. The maximum Gasteiger partial charge on any atom is 0.335 e. The van der Waals surface area contributed by atoms with Gasteiger partial charge in [-0.05, 0) is 25.1 Å². The van der Waals surface area contributed by atoms with Crippen LogP contribution in [0.15, 0.2) is 34.5 Å². The number of hydrogen-bond donors (Lipinski definition) is 2. The van der Waals surface area contributed by atoms with Gasteiger partial charge in [-0.3, -0.25) is 0 Å². The van der Waals surface area contributed by atoms with E-state index in [-0.39, 0.29) is 17.0 Å². The van der Waals surface area contributed by atoms with Crippen LogP contribution in [0.5, 0.6) is 0 Å². The second kappa shape index (κ2) is 5.70. The van der Waals surface area contributed by atoms with Crippen LogP contribution in [0.1, 0.15) is 21.1 Å². The lowest BCUT2D eigenvalue weighted by molar-refractivity contribution is 0.0696. The summed E-state index contributed by atoms with van der Waals surface area (Å²) in [5.41, 5.74) is 0.759. The number of sulfonamides is 1. The van der Waals surface area contributed by atoms with Gasteiger partial charge in [-0.2, -0.15) is 0 Å². The van der Waals surface area contributed by atoms with Crippen LogP contribution in [0.2, 0.25) is 0 Å². The lowest BCUT2D eigenvalue weighted by atomic mass is 10.2. The molecule has 20 heavy (non-hydrogen) atoms.